The molecule has 0 bridgehead atoms. The largest absolute Gasteiger partial charge is 0.338 e. The van der Waals surface area contributed by atoms with Crippen molar-refractivity contribution >= 4 is 22.6 Å². The molecule has 0 spiro atoms. The Kier molecular flexibility index (Phi) is 6.04. The van der Waals surface area contributed by atoms with Crippen LogP contribution in [0.15, 0.2) is 84.9 Å². The second-order valence-electron chi connectivity index (χ2n) is 7.26. The summed E-state index contributed by atoms with van der Waals surface area (Å²) >= 11 is 0. The van der Waals surface area contributed by atoms with E-state index in [9.17, 15) is 4.79 Å². The number of nitrogens with zero attached hydrogens (tertiary/aromatic N) is 1. The van der Waals surface area contributed by atoms with E-state index < -0.39 is 0 Å². The molecule has 0 saturated heterocycles. The highest BCUT2D eigenvalue weighted by Gasteiger charge is 2.12. The summed E-state index contributed by atoms with van der Waals surface area (Å²) in [6.07, 6.45) is 2.02. The van der Waals surface area contributed by atoms with Gasteiger partial charge in [0.1, 0.15) is 0 Å². The fourth-order valence-corrected chi connectivity index (χ4v) is 3.46. The molecule has 4 nitrogen and oxygen atoms in total. The molecule has 4 rings (SSSR count). The van der Waals surface area contributed by atoms with Crippen LogP contribution in [0, 0.1) is 0 Å². The van der Waals surface area contributed by atoms with Crippen molar-refractivity contribution in [3.05, 3.63) is 84.9 Å². The topological polar surface area (TPSA) is 54.0 Å². The number of aromatic nitrogens is 1. The highest BCUT2D eigenvalue weighted by Crippen LogP contribution is 2.34. The number of benzene rings is 3. The summed E-state index contributed by atoms with van der Waals surface area (Å²) in [4.78, 5) is 17.1. The molecule has 1 heterocycles. The first-order valence-electron chi connectivity index (χ1n) is 10.3. The third kappa shape index (κ3) is 4.49. The fourth-order valence-electron chi connectivity index (χ4n) is 3.46. The smallest absolute Gasteiger partial charge is 0.319 e. The second kappa shape index (κ2) is 9.23. The summed E-state index contributed by atoms with van der Waals surface area (Å²) in [5, 5.41) is 6.79. The number of unbranched alkanes of at least 4 members (excludes halogenated alkanes) is 1. The molecule has 0 aliphatic rings. The minimum Gasteiger partial charge on any atom is -0.338 e. The van der Waals surface area contributed by atoms with Gasteiger partial charge in [-0.2, -0.15) is 0 Å². The Morgan fingerprint density at radius 2 is 1.57 bits per heavy atom. The van der Waals surface area contributed by atoms with E-state index in [1.807, 2.05) is 54.6 Å². The highest BCUT2D eigenvalue weighted by atomic mass is 16.2. The molecule has 4 heteroatoms. The Morgan fingerprint density at radius 1 is 0.867 bits per heavy atom. The van der Waals surface area contributed by atoms with E-state index in [1.165, 1.54) is 0 Å². The van der Waals surface area contributed by atoms with Crippen molar-refractivity contribution in [3.8, 4) is 22.4 Å². The van der Waals surface area contributed by atoms with Crippen LogP contribution in [0.2, 0.25) is 0 Å². The number of amides is 2. The van der Waals surface area contributed by atoms with Crippen molar-refractivity contribution in [2.24, 2.45) is 0 Å². The molecule has 2 N–H and O–H groups in total. The van der Waals surface area contributed by atoms with Crippen molar-refractivity contribution < 1.29 is 4.79 Å². The van der Waals surface area contributed by atoms with Gasteiger partial charge in [0.25, 0.3) is 0 Å². The first kappa shape index (κ1) is 19.6. The standard InChI is InChI=1S/C26H25N3O/c1-2-3-16-27-26(30)28-22-14-15-24-21(17-22)18-23(19-10-6-4-7-11-19)25(29-24)20-12-8-5-9-13-20/h4-15,17-18H,2-3,16H2,1H3,(H2,27,28,30). The molecule has 0 aliphatic carbocycles. The normalized spacial score (nSPS) is 10.7. The minimum atomic E-state index is -0.181. The number of hydrogen-bond acceptors (Lipinski definition) is 2. The lowest BCUT2D eigenvalue weighted by atomic mass is 9.97. The number of fused-ring (bicyclic) bond motifs is 1. The quantitative estimate of drug-likeness (QED) is 0.367. The summed E-state index contributed by atoms with van der Waals surface area (Å²) < 4.78 is 0. The summed E-state index contributed by atoms with van der Waals surface area (Å²) in [5.74, 6) is 0. The van der Waals surface area contributed by atoms with Gasteiger partial charge in [-0.05, 0) is 36.2 Å². The van der Waals surface area contributed by atoms with Gasteiger partial charge in [-0.1, -0.05) is 74.0 Å². The van der Waals surface area contributed by atoms with E-state index in [1.54, 1.807) is 0 Å². The van der Waals surface area contributed by atoms with E-state index in [2.05, 4.69) is 47.9 Å². The summed E-state index contributed by atoms with van der Waals surface area (Å²) in [6.45, 7) is 2.78. The molecule has 0 saturated carbocycles. The van der Waals surface area contributed by atoms with Crippen LogP contribution in [-0.2, 0) is 0 Å². The average molecular weight is 396 g/mol. The van der Waals surface area contributed by atoms with Gasteiger partial charge in [0.05, 0.1) is 11.2 Å². The zero-order chi connectivity index (χ0) is 20.8. The number of anilines is 1. The number of pyridine rings is 1. The van der Waals surface area contributed by atoms with E-state index in [0.717, 1.165) is 51.8 Å². The van der Waals surface area contributed by atoms with Crippen LogP contribution >= 0.6 is 0 Å². The Labute approximate surface area is 177 Å². The van der Waals surface area contributed by atoms with Gasteiger partial charge in [-0.15, -0.1) is 0 Å². The molecule has 0 aliphatic heterocycles. The van der Waals surface area contributed by atoms with Crippen LogP contribution < -0.4 is 10.6 Å². The summed E-state index contributed by atoms with van der Waals surface area (Å²) in [6, 6.07) is 28.3. The van der Waals surface area contributed by atoms with Crippen LogP contribution in [-0.4, -0.2) is 17.6 Å². The zero-order valence-corrected chi connectivity index (χ0v) is 17.1. The maximum atomic E-state index is 12.1. The predicted molar refractivity (Wildman–Crippen MR) is 125 cm³/mol. The molecular weight excluding hydrogens is 370 g/mol. The molecule has 0 fully saturated rings. The molecule has 3 aromatic carbocycles. The van der Waals surface area contributed by atoms with E-state index in [-0.39, 0.29) is 6.03 Å². The monoisotopic (exact) mass is 395 g/mol. The number of carbonyl (C=O) groups is 1. The van der Waals surface area contributed by atoms with Crippen molar-refractivity contribution in [1.82, 2.24) is 10.3 Å². The van der Waals surface area contributed by atoms with Crippen molar-refractivity contribution in [2.45, 2.75) is 19.8 Å². The Hall–Kier alpha value is -3.66. The number of carbonyl (C=O) groups excluding carboxylic acids is 1. The minimum absolute atomic E-state index is 0.181. The Morgan fingerprint density at radius 3 is 2.27 bits per heavy atom. The van der Waals surface area contributed by atoms with Crippen molar-refractivity contribution in [1.29, 1.82) is 0 Å². The van der Waals surface area contributed by atoms with Gasteiger partial charge in [0, 0.05) is 28.7 Å². The molecular formula is C26H25N3O. The average Bonchev–Trinajstić information content (AvgIpc) is 2.79. The van der Waals surface area contributed by atoms with Crippen LogP contribution in [0.3, 0.4) is 0 Å². The Bertz CT molecular complexity index is 1140. The molecule has 0 radical (unpaired) electrons. The van der Waals surface area contributed by atoms with Gasteiger partial charge in [-0.3, -0.25) is 0 Å². The molecule has 4 aromatic rings. The van der Waals surface area contributed by atoms with Crippen LogP contribution in [0.25, 0.3) is 33.3 Å². The van der Waals surface area contributed by atoms with Gasteiger partial charge in [0.2, 0.25) is 0 Å². The lowest BCUT2D eigenvalue weighted by Gasteiger charge is -2.13. The molecule has 150 valence electrons. The lowest BCUT2D eigenvalue weighted by Crippen LogP contribution is -2.29. The van der Waals surface area contributed by atoms with Crippen molar-refractivity contribution in [3.63, 3.8) is 0 Å². The summed E-state index contributed by atoms with van der Waals surface area (Å²) in [5.41, 5.74) is 5.86. The maximum absolute atomic E-state index is 12.1. The second-order valence-corrected chi connectivity index (χ2v) is 7.26. The van der Waals surface area contributed by atoms with E-state index >= 15 is 0 Å². The van der Waals surface area contributed by atoms with Crippen LogP contribution in [0.1, 0.15) is 19.8 Å². The summed E-state index contributed by atoms with van der Waals surface area (Å²) in [7, 11) is 0. The number of hydrogen-bond donors (Lipinski definition) is 2. The SMILES string of the molecule is CCCCNC(=O)Nc1ccc2nc(-c3ccccc3)c(-c3ccccc3)cc2c1. The molecule has 2 amide bonds. The zero-order valence-electron chi connectivity index (χ0n) is 17.1. The van der Waals surface area contributed by atoms with Gasteiger partial charge >= 0.3 is 6.03 Å². The van der Waals surface area contributed by atoms with Gasteiger partial charge in [-0.25, -0.2) is 9.78 Å². The number of rotatable bonds is 6. The molecule has 0 unspecified atom stereocenters. The number of urea groups is 1. The van der Waals surface area contributed by atoms with Crippen LogP contribution in [0.4, 0.5) is 10.5 Å². The predicted octanol–water partition coefficient (Wildman–Crippen LogP) is 6.49. The fraction of sp³-hybridized carbons (Fsp3) is 0.154. The maximum Gasteiger partial charge on any atom is 0.319 e. The first-order chi connectivity index (χ1) is 14.7. The third-order valence-corrected chi connectivity index (χ3v) is 5.02. The highest BCUT2D eigenvalue weighted by molar-refractivity contribution is 5.96. The number of nitrogens with one attached hydrogen (secondary N) is 2. The van der Waals surface area contributed by atoms with Gasteiger partial charge in [0.15, 0.2) is 0 Å². The van der Waals surface area contributed by atoms with E-state index in [0.29, 0.717) is 6.54 Å². The molecule has 30 heavy (non-hydrogen) atoms. The van der Waals surface area contributed by atoms with Gasteiger partial charge < -0.3 is 10.6 Å². The molecule has 1 aromatic heterocycles. The van der Waals surface area contributed by atoms with E-state index in [4.69, 9.17) is 4.98 Å². The third-order valence-electron chi connectivity index (χ3n) is 5.02. The van der Waals surface area contributed by atoms with Crippen LogP contribution in [0.5, 0.6) is 0 Å². The lowest BCUT2D eigenvalue weighted by molar-refractivity contribution is 0.252. The molecule has 0 atom stereocenters. The first-order valence-corrected chi connectivity index (χ1v) is 10.3. The van der Waals surface area contributed by atoms with Crippen molar-refractivity contribution in [2.75, 3.05) is 11.9 Å². The Balaban J connectivity index is 1.73.